The molecule has 108 valence electrons. The fourth-order valence-electron chi connectivity index (χ4n) is 2.69. The maximum Gasteiger partial charge on any atom is 0.251 e. The summed E-state index contributed by atoms with van der Waals surface area (Å²) in [4.78, 5) is 23.1. The molecule has 1 aromatic rings. The number of benzene rings is 1. The molecule has 0 heterocycles. The molecule has 1 aromatic carbocycles. The molecule has 2 atom stereocenters. The molecule has 0 spiro atoms. The minimum absolute atomic E-state index is 0.0295. The van der Waals surface area contributed by atoms with Crippen molar-refractivity contribution in [3.05, 3.63) is 29.8 Å². The van der Waals surface area contributed by atoms with Crippen molar-refractivity contribution in [2.75, 3.05) is 5.32 Å². The SMILES string of the molecule is CC(=O)Nc1ccc(C(=O)NC2CCCCC2C)cc1. The molecule has 1 fully saturated rings. The van der Waals surface area contributed by atoms with Gasteiger partial charge in [0, 0.05) is 24.2 Å². The van der Waals surface area contributed by atoms with Gasteiger partial charge < -0.3 is 10.6 Å². The third-order valence-electron chi connectivity index (χ3n) is 3.90. The average Bonchev–Trinajstić information content (AvgIpc) is 2.41. The van der Waals surface area contributed by atoms with E-state index in [0.717, 1.165) is 6.42 Å². The van der Waals surface area contributed by atoms with Gasteiger partial charge in [0.15, 0.2) is 0 Å². The van der Waals surface area contributed by atoms with Gasteiger partial charge in [0.25, 0.3) is 5.91 Å². The Morgan fingerprint density at radius 2 is 1.75 bits per heavy atom. The van der Waals surface area contributed by atoms with Gasteiger partial charge in [0.2, 0.25) is 5.91 Å². The molecule has 1 saturated carbocycles. The first-order chi connectivity index (χ1) is 9.56. The second kappa shape index (κ2) is 6.55. The summed E-state index contributed by atoms with van der Waals surface area (Å²) in [5.41, 5.74) is 1.34. The minimum atomic E-state index is -0.113. The third-order valence-corrected chi connectivity index (χ3v) is 3.90. The zero-order chi connectivity index (χ0) is 14.5. The number of hydrogen-bond donors (Lipinski definition) is 2. The topological polar surface area (TPSA) is 58.2 Å². The summed E-state index contributed by atoms with van der Waals surface area (Å²) in [7, 11) is 0. The van der Waals surface area contributed by atoms with Gasteiger partial charge in [-0.3, -0.25) is 9.59 Å². The number of anilines is 1. The lowest BCUT2D eigenvalue weighted by Crippen LogP contribution is -2.41. The number of carbonyl (C=O) groups excluding carboxylic acids is 2. The molecule has 0 saturated heterocycles. The van der Waals surface area contributed by atoms with E-state index in [1.165, 1.54) is 26.2 Å². The first kappa shape index (κ1) is 14.6. The number of hydrogen-bond acceptors (Lipinski definition) is 2. The van der Waals surface area contributed by atoms with E-state index in [9.17, 15) is 9.59 Å². The van der Waals surface area contributed by atoms with Gasteiger partial charge >= 0.3 is 0 Å². The Bertz CT molecular complexity index is 482. The van der Waals surface area contributed by atoms with E-state index in [1.54, 1.807) is 24.3 Å². The van der Waals surface area contributed by atoms with Gasteiger partial charge in [-0.05, 0) is 43.0 Å². The molecule has 2 N–H and O–H groups in total. The molecule has 0 bridgehead atoms. The van der Waals surface area contributed by atoms with E-state index in [4.69, 9.17) is 0 Å². The van der Waals surface area contributed by atoms with Crippen molar-refractivity contribution in [3.8, 4) is 0 Å². The largest absolute Gasteiger partial charge is 0.349 e. The van der Waals surface area contributed by atoms with Crippen LogP contribution in [0.1, 0.15) is 49.9 Å². The molecule has 1 aliphatic rings. The second-order valence-electron chi connectivity index (χ2n) is 5.60. The van der Waals surface area contributed by atoms with Crippen LogP contribution >= 0.6 is 0 Å². The summed E-state index contributed by atoms with van der Waals surface area (Å²) in [5.74, 6) is 0.405. The van der Waals surface area contributed by atoms with E-state index in [2.05, 4.69) is 17.6 Å². The van der Waals surface area contributed by atoms with Crippen molar-refractivity contribution >= 4 is 17.5 Å². The molecular weight excluding hydrogens is 252 g/mol. The molecule has 2 rings (SSSR count). The quantitative estimate of drug-likeness (QED) is 0.890. The Morgan fingerprint density at radius 3 is 2.35 bits per heavy atom. The highest BCUT2D eigenvalue weighted by Gasteiger charge is 2.23. The lowest BCUT2D eigenvalue weighted by molar-refractivity contribution is -0.114. The first-order valence-corrected chi connectivity index (χ1v) is 7.25. The van der Waals surface area contributed by atoms with E-state index >= 15 is 0 Å². The monoisotopic (exact) mass is 274 g/mol. The molecule has 0 aliphatic heterocycles. The standard InChI is InChI=1S/C16H22N2O2/c1-11-5-3-4-6-15(11)18-16(20)13-7-9-14(10-8-13)17-12(2)19/h7-11,15H,3-6H2,1-2H3,(H,17,19)(H,18,20). The highest BCUT2D eigenvalue weighted by molar-refractivity contribution is 5.95. The van der Waals surface area contributed by atoms with Crippen LogP contribution in [0.2, 0.25) is 0 Å². The second-order valence-corrected chi connectivity index (χ2v) is 5.60. The van der Waals surface area contributed by atoms with E-state index in [1.807, 2.05) is 0 Å². The summed E-state index contributed by atoms with van der Waals surface area (Å²) in [6.45, 7) is 3.66. The highest BCUT2D eigenvalue weighted by Crippen LogP contribution is 2.24. The summed E-state index contributed by atoms with van der Waals surface area (Å²) in [6.07, 6.45) is 4.71. The Balaban J connectivity index is 1.96. The molecule has 0 aromatic heterocycles. The Hall–Kier alpha value is -1.84. The average molecular weight is 274 g/mol. The van der Waals surface area contributed by atoms with Gasteiger partial charge in [0.1, 0.15) is 0 Å². The molecule has 2 unspecified atom stereocenters. The summed E-state index contributed by atoms with van der Waals surface area (Å²) < 4.78 is 0. The smallest absolute Gasteiger partial charge is 0.251 e. The van der Waals surface area contributed by atoms with E-state index < -0.39 is 0 Å². The first-order valence-electron chi connectivity index (χ1n) is 7.25. The molecular formula is C16H22N2O2. The maximum atomic E-state index is 12.2. The number of nitrogens with one attached hydrogen (secondary N) is 2. The zero-order valence-corrected chi connectivity index (χ0v) is 12.1. The number of amides is 2. The fourth-order valence-corrected chi connectivity index (χ4v) is 2.69. The Labute approximate surface area is 119 Å². The molecule has 0 radical (unpaired) electrons. The van der Waals surface area contributed by atoms with Crippen LogP contribution in [-0.2, 0) is 4.79 Å². The lowest BCUT2D eigenvalue weighted by atomic mass is 9.86. The summed E-state index contributed by atoms with van der Waals surface area (Å²) in [6, 6.07) is 7.27. The molecule has 2 amide bonds. The Morgan fingerprint density at radius 1 is 1.10 bits per heavy atom. The van der Waals surface area contributed by atoms with Gasteiger partial charge in [0.05, 0.1) is 0 Å². The van der Waals surface area contributed by atoms with Crippen LogP contribution in [-0.4, -0.2) is 17.9 Å². The number of rotatable bonds is 3. The molecule has 4 nitrogen and oxygen atoms in total. The van der Waals surface area contributed by atoms with Crippen LogP contribution in [0.5, 0.6) is 0 Å². The van der Waals surface area contributed by atoms with Crippen molar-refractivity contribution in [1.29, 1.82) is 0 Å². The highest BCUT2D eigenvalue weighted by atomic mass is 16.2. The van der Waals surface area contributed by atoms with Crippen LogP contribution < -0.4 is 10.6 Å². The van der Waals surface area contributed by atoms with Crippen molar-refractivity contribution < 1.29 is 9.59 Å². The van der Waals surface area contributed by atoms with Crippen molar-refractivity contribution in [2.24, 2.45) is 5.92 Å². The van der Waals surface area contributed by atoms with Gasteiger partial charge in [-0.15, -0.1) is 0 Å². The van der Waals surface area contributed by atoms with Gasteiger partial charge in [-0.25, -0.2) is 0 Å². The molecule has 20 heavy (non-hydrogen) atoms. The minimum Gasteiger partial charge on any atom is -0.349 e. The van der Waals surface area contributed by atoms with E-state index in [0.29, 0.717) is 17.2 Å². The van der Waals surface area contributed by atoms with E-state index in [-0.39, 0.29) is 17.9 Å². The van der Waals surface area contributed by atoms with Crippen molar-refractivity contribution in [3.63, 3.8) is 0 Å². The summed E-state index contributed by atoms with van der Waals surface area (Å²) in [5, 5.41) is 5.81. The normalized spacial score (nSPS) is 22.1. The zero-order valence-electron chi connectivity index (χ0n) is 12.1. The van der Waals surface area contributed by atoms with Crippen LogP contribution in [0, 0.1) is 5.92 Å². The lowest BCUT2D eigenvalue weighted by Gasteiger charge is -2.29. The molecule has 1 aliphatic carbocycles. The number of carbonyl (C=O) groups is 2. The fraction of sp³-hybridized carbons (Fsp3) is 0.500. The van der Waals surface area contributed by atoms with Crippen LogP contribution in [0.15, 0.2) is 24.3 Å². The van der Waals surface area contributed by atoms with Crippen LogP contribution in [0.3, 0.4) is 0 Å². The summed E-state index contributed by atoms with van der Waals surface area (Å²) >= 11 is 0. The van der Waals surface area contributed by atoms with Gasteiger partial charge in [-0.1, -0.05) is 19.8 Å². The third kappa shape index (κ3) is 3.83. The van der Waals surface area contributed by atoms with Crippen LogP contribution in [0.25, 0.3) is 0 Å². The maximum absolute atomic E-state index is 12.2. The van der Waals surface area contributed by atoms with Crippen molar-refractivity contribution in [1.82, 2.24) is 5.32 Å². The van der Waals surface area contributed by atoms with Crippen molar-refractivity contribution in [2.45, 2.75) is 45.6 Å². The predicted octanol–water partition coefficient (Wildman–Crippen LogP) is 2.95. The Kier molecular flexibility index (Phi) is 4.77. The molecule has 4 heteroatoms. The van der Waals surface area contributed by atoms with Crippen LogP contribution in [0.4, 0.5) is 5.69 Å². The predicted molar refractivity (Wildman–Crippen MR) is 79.6 cm³/mol. The van der Waals surface area contributed by atoms with Gasteiger partial charge in [-0.2, -0.15) is 0 Å².